The van der Waals surface area contributed by atoms with Crippen molar-refractivity contribution in [2.24, 2.45) is 0 Å². The summed E-state index contributed by atoms with van der Waals surface area (Å²) in [5.41, 5.74) is 3.58. The normalized spacial score (nSPS) is 11.0. The summed E-state index contributed by atoms with van der Waals surface area (Å²) in [6.45, 7) is 2.00. The highest BCUT2D eigenvalue weighted by Crippen LogP contribution is 2.24. The molecule has 3 rings (SSSR count). The quantitative estimate of drug-likeness (QED) is 0.735. The zero-order chi connectivity index (χ0) is 12.7. The van der Waals surface area contributed by atoms with Crippen molar-refractivity contribution in [1.82, 2.24) is 9.55 Å². The van der Waals surface area contributed by atoms with Gasteiger partial charge in [-0.3, -0.25) is 4.57 Å². The molecule has 4 heteroatoms. The monoisotopic (exact) mass is 302 g/mol. The molecule has 1 N–H and O–H groups in total. The first-order valence-electron chi connectivity index (χ1n) is 5.64. The summed E-state index contributed by atoms with van der Waals surface area (Å²) in [6.07, 6.45) is 0. The lowest BCUT2D eigenvalue weighted by Gasteiger charge is -2.07. The molecule has 0 unspecified atom stereocenters. The first-order chi connectivity index (χ1) is 8.68. The van der Waals surface area contributed by atoms with Crippen molar-refractivity contribution in [3.8, 4) is 5.69 Å². The van der Waals surface area contributed by atoms with E-state index < -0.39 is 0 Å². The molecule has 18 heavy (non-hydrogen) atoms. The predicted octanol–water partition coefficient (Wildman–Crippen LogP) is 3.39. The number of benzene rings is 2. The topological polar surface area (TPSA) is 37.8 Å². The molecule has 1 heterocycles. The number of aromatic nitrogens is 2. The Balaban J connectivity index is 2.47. The van der Waals surface area contributed by atoms with Gasteiger partial charge in [0.05, 0.1) is 16.7 Å². The van der Waals surface area contributed by atoms with Crippen LogP contribution in [0.5, 0.6) is 0 Å². The lowest BCUT2D eigenvalue weighted by Crippen LogP contribution is -2.15. The fraction of sp³-hybridized carbons (Fsp3) is 0.0714. The number of halogens is 1. The van der Waals surface area contributed by atoms with E-state index in [2.05, 4.69) is 20.9 Å². The van der Waals surface area contributed by atoms with Crippen molar-refractivity contribution in [2.75, 3.05) is 0 Å². The first-order valence-corrected chi connectivity index (χ1v) is 6.43. The minimum absolute atomic E-state index is 0.119. The summed E-state index contributed by atoms with van der Waals surface area (Å²) >= 11 is 3.49. The molecule has 3 nitrogen and oxygen atoms in total. The standard InChI is InChI=1S/C14H11BrN2O/c1-9-5-4-7-11-13(9)17(14(18)16-11)12-8-3-2-6-10(12)15/h2-8H,1H3,(H,16,18). The van der Waals surface area contributed by atoms with Crippen LogP contribution < -0.4 is 5.69 Å². The van der Waals surface area contributed by atoms with Crippen molar-refractivity contribution in [2.45, 2.75) is 6.92 Å². The van der Waals surface area contributed by atoms with Gasteiger partial charge in [-0.1, -0.05) is 24.3 Å². The van der Waals surface area contributed by atoms with Crippen LogP contribution in [0.25, 0.3) is 16.7 Å². The lowest BCUT2D eigenvalue weighted by molar-refractivity contribution is 1.01. The number of imidazole rings is 1. The molecule has 0 spiro atoms. The Hall–Kier alpha value is -1.81. The minimum Gasteiger partial charge on any atom is -0.305 e. The van der Waals surface area contributed by atoms with Crippen LogP contribution in [0.2, 0.25) is 0 Å². The van der Waals surface area contributed by atoms with Gasteiger partial charge in [0.2, 0.25) is 0 Å². The Labute approximate surface area is 112 Å². The molecule has 0 bridgehead atoms. The van der Waals surface area contributed by atoms with Gasteiger partial charge in [-0.05, 0) is 46.6 Å². The van der Waals surface area contributed by atoms with Gasteiger partial charge in [0, 0.05) is 4.47 Å². The highest BCUT2D eigenvalue weighted by atomic mass is 79.9. The molecule has 0 amide bonds. The van der Waals surface area contributed by atoms with Gasteiger partial charge in [-0.25, -0.2) is 4.79 Å². The maximum atomic E-state index is 12.1. The molecule has 0 aliphatic heterocycles. The molecule has 90 valence electrons. The van der Waals surface area contributed by atoms with Gasteiger partial charge in [0.25, 0.3) is 0 Å². The highest BCUT2D eigenvalue weighted by Gasteiger charge is 2.12. The van der Waals surface area contributed by atoms with Gasteiger partial charge < -0.3 is 4.98 Å². The second kappa shape index (κ2) is 4.14. The second-order valence-electron chi connectivity index (χ2n) is 4.19. The Morgan fingerprint density at radius 3 is 2.67 bits per heavy atom. The number of fused-ring (bicyclic) bond motifs is 1. The van der Waals surface area contributed by atoms with E-state index >= 15 is 0 Å². The van der Waals surface area contributed by atoms with E-state index in [-0.39, 0.29) is 5.69 Å². The second-order valence-corrected chi connectivity index (χ2v) is 5.04. The summed E-state index contributed by atoms with van der Waals surface area (Å²) in [4.78, 5) is 15.0. The molecule has 2 aromatic carbocycles. The molecule has 0 aliphatic carbocycles. The number of rotatable bonds is 1. The number of para-hydroxylation sites is 2. The van der Waals surface area contributed by atoms with Gasteiger partial charge in [-0.15, -0.1) is 0 Å². The molecule has 0 aliphatic rings. The van der Waals surface area contributed by atoms with Crippen LogP contribution in [-0.4, -0.2) is 9.55 Å². The van der Waals surface area contributed by atoms with Crippen LogP contribution in [0.1, 0.15) is 5.56 Å². The van der Waals surface area contributed by atoms with Crippen molar-refractivity contribution < 1.29 is 0 Å². The molecule has 0 saturated heterocycles. The Kier molecular flexibility index (Phi) is 2.59. The number of aryl methyl sites for hydroxylation is 1. The average molecular weight is 303 g/mol. The summed E-state index contributed by atoms with van der Waals surface area (Å²) in [5.74, 6) is 0. The molecular weight excluding hydrogens is 292 g/mol. The first kappa shape index (κ1) is 11.3. The Bertz CT molecular complexity index is 786. The molecule has 0 atom stereocenters. The van der Waals surface area contributed by atoms with E-state index in [1.807, 2.05) is 49.4 Å². The third kappa shape index (κ3) is 1.61. The minimum atomic E-state index is -0.119. The summed E-state index contributed by atoms with van der Waals surface area (Å²) in [6, 6.07) is 13.6. The third-order valence-electron chi connectivity index (χ3n) is 3.00. The SMILES string of the molecule is Cc1cccc2[nH]c(=O)n(-c3ccccc3Br)c12. The smallest absolute Gasteiger partial charge is 0.305 e. The van der Waals surface area contributed by atoms with Crippen LogP contribution >= 0.6 is 15.9 Å². The Morgan fingerprint density at radius 1 is 1.11 bits per heavy atom. The maximum absolute atomic E-state index is 12.1. The lowest BCUT2D eigenvalue weighted by atomic mass is 10.2. The third-order valence-corrected chi connectivity index (χ3v) is 3.67. The van der Waals surface area contributed by atoms with Gasteiger partial charge in [0.1, 0.15) is 0 Å². The van der Waals surface area contributed by atoms with E-state index in [0.717, 1.165) is 26.8 Å². The van der Waals surface area contributed by atoms with Gasteiger partial charge >= 0.3 is 5.69 Å². The van der Waals surface area contributed by atoms with Crippen molar-refractivity contribution >= 4 is 27.0 Å². The van der Waals surface area contributed by atoms with Gasteiger partial charge in [0.15, 0.2) is 0 Å². The van der Waals surface area contributed by atoms with Crippen LogP contribution in [-0.2, 0) is 0 Å². The van der Waals surface area contributed by atoms with E-state index in [0.29, 0.717) is 0 Å². The number of nitrogens with zero attached hydrogens (tertiary/aromatic N) is 1. The number of hydrogen-bond donors (Lipinski definition) is 1. The number of nitrogens with one attached hydrogen (secondary N) is 1. The molecule has 1 aromatic heterocycles. The van der Waals surface area contributed by atoms with E-state index in [9.17, 15) is 4.79 Å². The molecule has 3 aromatic rings. The summed E-state index contributed by atoms with van der Waals surface area (Å²) in [5, 5.41) is 0. The van der Waals surface area contributed by atoms with E-state index in [4.69, 9.17) is 0 Å². The van der Waals surface area contributed by atoms with Crippen molar-refractivity contribution in [3.63, 3.8) is 0 Å². The predicted molar refractivity (Wildman–Crippen MR) is 76.3 cm³/mol. The van der Waals surface area contributed by atoms with Crippen LogP contribution in [0.15, 0.2) is 51.7 Å². The molecule has 0 fully saturated rings. The fourth-order valence-corrected chi connectivity index (χ4v) is 2.65. The highest BCUT2D eigenvalue weighted by molar-refractivity contribution is 9.10. The maximum Gasteiger partial charge on any atom is 0.331 e. The van der Waals surface area contributed by atoms with Crippen LogP contribution in [0.3, 0.4) is 0 Å². The number of aromatic amines is 1. The number of hydrogen-bond acceptors (Lipinski definition) is 1. The Morgan fingerprint density at radius 2 is 1.89 bits per heavy atom. The summed E-state index contributed by atoms with van der Waals surface area (Å²) < 4.78 is 2.60. The molecule has 0 saturated carbocycles. The van der Waals surface area contributed by atoms with Gasteiger partial charge in [-0.2, -0.15) is 0 Å². The molecular formula is C14H11BrN2O. The zero-order valence-corrected chi connectivity index (χ0v) is 11.4. The van der Waals surface area contributed by atoms with E-state index in [1.54, 1.807) is 4.57 Å². The molecule has 0 radical (unpaired) electrons. The zero-order valence-electron chi connectivity index (χ0n) is 9.77. The van der Waals surface area contributed by atoms with Crippen LogP contribution in [0, 0.1) is 6.92 Å². The fourth-order valence-electron chi connectivity index (χ4n) is 2.19. The average Bonchev–Trinajstić information content (AvgIpc) is 2.68. The summed E-state index contributed by atoms with van der Waals surface area (Å²) in [7, 11) is 0. The largest absolute Gasteiger partial charge is 0.331 e. The van der Waals surface area contributed by atoms with Crippen molar-refractivity contribution in [1.29, 1.82) is 0 Å². The van der Waals surface area contributed by atoms with E-state index in [1.165, 1.54) is 0 Å². The number of H-pyrrole nitrogens is 1. The van der Waals surface area contributed by atoms with Crippen molar-refractivity contribution in [3.05, 3.63) is 63.0 Å². The van der Waals surface area contributed by atoms with Crippen LogP contribution in [0.4, 0.5) is 0 Å².